The summed E-state index contributed by atoms with van der Waals surface area (Å²) in [6.07, 6.45) is 2.12. The lowest BCUT2D eigenvalue weighted by Crippen LogP contribution is -2.52. The molecule has 0 radical (unpaired) electrons. The van der Waals surface area contributed by atoms with E-state index in [0.29, 0.717) is 26.2 Å². The van der Waals surface area contributed by atoms with Crippen LogP contribution >= 0.6 is 0 Å². The molecule has 120 valence electrons. The van der Waals surface area contributed by atoms with E-state index in [-0.39, 0.29) is 31.1 Å². The van der Waals surface area contributed by atoms with E-state index in [1.54, 1.807) is 9.80 Å². The summed E-state index contributed by atoms with van der Waals surface area (Å²) in [4.78, 5) is 27.3. The van der Waals surface area contributed by atoms with E-state index in [1.807, 2.05) is 0 Å². The Bertz CT molecular complexity index is 350. The van der Waals surface area contributed by atoms with Crippen LogP contribution in [-0.2, 0) is 19.1 Å². The van der Waals surface area contributed by atoms with Crippen LogP contribution in [0.4, 0.5) is 0 Å². The predicted octanol–water partition coefficient (Wildman–Crippen LogP) is -0.928. The van der Waals surface area contributed by atoms with E-state index in [0.717, 1.165) is 25.9 Å². The van der Waals surface area contributed by atoms with Gasteiger partial charge in [0.25, 0.3) is 0 Å². The summed E-state index contributed by atoms with van der Waals surface area (Å²) < 4.78 is 10.5. The van der Waals surface area contributed by atoms with Gasteiger partial charge in [-0.3, -0.25) is 9.59 Å². The predicted molar refractivity (Wildman–Crippen MR) is 76.9 cm³/mol. The molecule has 2 aliphatic heterocycles. The molecule has 2 rings (SSSR count). The molecule has 21 heavy (non-hydrogen) atoms. The molecule has 2 fully saturated rings. The third kappa shape index (κ3) is 4.94. The quantitative estimate of drug-likeness (QED) is 0.710. The van der Waals surface area contributed by atoms with E-state index in [4.69, 9.17) is 9.47 Å². The second kappa shape index (κ2) is 8.31. The molecule has 0 aliphatic carbocycles. The monoisotopic (exact) mass is 299 g/mol. The lowest BCUT2D eigenvalue weighted by atomic mass is 10.1. The minimum absolute atomic E-state index is 0.0180. The summed E-state index contributed by atoms with van der Waals surface area (Å²) in [5.74, 6) is 0.00271. The number of nitrogens with zero attached hydrogens (tertiary/aromatic N) is 2. The molecule has 0 aromatic rings. The summed E-state index contributed by atoms with van der Waals surface area (Å²) >= 11 is 0. The molecule has 2 amide bonds. The average Bonchev–Trinajstić information content (AvgIpc) is 2.54. The first-order valence-corrected chi connectivity index (χ1v) is 7.57. The number of rotatable bonds is 5. The number of piperazine rings is 1. The molecule has 0 bridgehead atoms. The van der Waals surface area contributed by atoms with Crippen molar-refractivity contribution >= 4 is 11.8 Å². The Morgan fingerprint density at radius 2 is 1.52 bits per heavy atom. The highest BCUT2D eigenvalue weighted by molar-refractivity contribution is 5.79. The van der Waals surface area contributed by atoms with Gasteiger partial charge in [0.1, 0.15) is 13.2 Å². The number of nitrogens with one attached hydrogen (secondary N) is 1. The highest BCUT2D eigenvalue weighted by Gasteiger charge is 2.24. The molecular formula is C14H25N3O4. The Hall–Kier alpha value is -1.18. The SMILES string of the molecule is COCC(=O)N1CCN(C(=O)COC2CCNCC2)CC1. The Morgan fingerprint density at radius 1 is 1.00 bits per heavy atom. The Kier molecular flexibility index (Phi) is 6.41. The minimum Gasteiger partial charge on any atom is -0.375 e. The fourth-order valence-electron chi connectivity index (χ4n) is 2.66. The number of ether oxygens (including phenoxy) is 2. The molecule has 2 heterocycles. The zero-order valence-electron chi connectivity index (χ0n) is 12.7. The van der Waals surface area contributed by atoms with Crippen molar-refractivity contribution in [3.8, 4) is 0 Å². The topological polar surface area (TPSA) is 71.1 Å². The van der Waals surface area contributed by atoms with Crippen LogP contribution in [0.15, 0.2) is 0 Å². The number of piperidine rings is 1. The van der Waals surface area contributed by atoms with Gasteiger partial charge in [0.15, 0.2) is 0 Å². The van der Waals surface area contributed by atoms with Gasteiger partial charge in [-0.1, -0.05) is 0 Å². The van der Waals surface area contributed by atoms with Gasteiger partial charge < -0.3 is 24.6 Å². The van der Waals surface area contributed by atoms with Crippen LogP contribution in [0.1, 0.15) is 12.8 Å². The number of amides is 2. The molecule has 0 spiro atoms. The van der Waals surface area contributed by atoms with E-state index in [2.05, 4.69) is 5.32 Å². The molecule has 2 aliphatic rings. The summed E-state index contributed by atoms with van der Waals surface area (Å²) in [5.41, 5.74) is 0. The maximum absolute atomic E-state index is 12.1. The number of carbonyl (C=O) groups is 2. The zero-order chi connectivity index (χ0) is 15.1. The van der Waals surface area contributed by atoms with Crippen LogP contribution in [0.25, 0.3) is 0 Å². The van der Waals surface area contributed by atoms with Gasteiger partial charge in [-0.25, -0.2) is 0 Å². The lowest BCUT2D eigenvalue weighted by Gasteiger charge is -2.35. The highest BCUT2D eigenvalue weighted by atomic mass is 16.5. The summed E-state index contributed by atoms with van der Waals surface area (Å²) in [6.45, 7) is 4.46. The number of hydrogen-bond acceptors (Lipinski definition) is 5. The van der Waals surface area contributed by atoms with Crippen LogP contribution in [0.3, 0.4) is 0 Å². The first-order valence-electron chi connectivity index (χ1n) is 7.57. The fourth-order valence-corrected chi connectivity index (χ4v) is 2.66. The van der Waals surface area contributed by atoms with Crippen molar-refractivity contribution in [2.45, 2.75) is 18.9 Å². The Labute approximate surface area is 125 Å². The van der Waals surface area contributed by atoms with Crippen LogP contribution in [-0.4, -0.2) is 87.3 Å². The van der Waals surface area contributed by atoms with Gasteiger partial charge in [-0.05, 0) is 25.9 Å². The van der Waals surface area contributed by atoms with Crippen LogP contribution in [0.5, 0.6) is 0 Å². The number of methoxy groups -OCH3 is 1. The van der Waals surface area contributed by atoms with E-state index in [1.165, 1.54) is 7.11 Å². The minimum atomic E-state index is -0.0180. The maximum Gasteiger partial charge on any atom is 0.248 e. The van der Waals surface area contributed by atoms with Gasteiger partial charge >= 0.3 is 0 Å². The Balaban J connectivity index is 1.66. The van der Waals surface area contributed by atoms with Crippen molar-refractivity contribution < 1.29 is 19.1 Å². The van der Waals surface area contributed by atoms with Crippen molar-refractivity contribution in [3.05, 3.63) is 0 Å². The van der Waals surface area contributed by atoms with Crippen LogP contribution in [0.2, 0.25) is 0 Å². The van der Waals surface area contributed by atoms with Crippen molar-refractivity contribution in [1.29, 1.82) is 0 Å². The maximum atomic E-state index is 12.1. The largest absolute Gasteiger partial charge is 0.375 e. The van der Waals surface area contributed by atoms with Crippen molar-refractivity contribution in [1.82, 2.24) is 15.1 Å². The van der Waals surface area contributed by atoms with Crippen molar-refractivity contribution in [3.63, 3.8) is 0 Å². The first-order chi connectivity index (χ1) is 10.2. The lowest BCUT2D eigenvalue weighted by molar-refractivity contribution is -0.145. The smallest absolute Gasteiger partial charge is 0.248 e. The van der Waals surface area contributed by atoms with Gasteiger partial charge in [0, 0.05) is 33.3 Å². The van der Waals surface area contributed by atoms with Gasteiger partial charge in [0.2, 0.25) is 11.8 Å². The first kappa shape index (κ1) is 16.2. The van der Waals surface area contributed by atoms with Crippen LogP contribution in [0, 0.1) is 0 Å². The molecule has 7 nitrogen and oxygen atoms in total. The van der Waals surface area contributed by atoms with E-state index < -0.39 is 0 Å². The van der Waals surface area contributed by atoms with Gasteiger partial charge in [-0.2, -0.15) is 0 Å². The van der Waals surface area contributed by atoms with Crippen molar-refractivity contribution in [2.24, 2.45) is 0 Å². The fraction of sp³-hybridized carbons (Fsp3) is 0.857. The molecule has 0 atom stereocenters. The average molecular weight is 299 g/mol. The van der Waals surface area contributed by atoms with Gasteiger partial charge in [-0.15, -0.1) is 0 Å². The number of carbonyl (C=O) groups excluding carboxylic acids is 2. The molecule has 0 aromatic heterocycles. The van der Waals surface area contributed by atoms with Gasteiger partial charge in [0.05, 0.1) is 6.10 Å². The second-order valence-electron chi connectivity index (χ2n) is 5.45. The molecule has 2 saturated heterocycles. The molecule has 0 aromatic carbocycles. The van der Waals surface area contributed by atoms with E-state index in [9.17, 15) is 9.59 Å². The molecule has 7 heteroatoms. The summed E-state index contributed by atoms with van der Waals surface area (Å²) in [5, 5.41) is 3.27. The second-order valence-corrected chi connectivity index (χ2v) is 5.45. The standard InChI is InChI=1S/C14H25N3O4/c1-20-10-13(18)16-6-8-17(9-7-16)14(19)11-21-12-2-4-15-5-3-12/h12,15H,2-11H2,1H3. The normalized spacial score (nSPS) is 20.6. The van der Waals surface area contributed by atoms with E-state index >= 15 is 0 Å². The zero-order valence-corrected chi connectivity index (χ0v) is 12.7. The number of hydrogen-bond donors (Lipinski definition) is 1. The summed E-state index contributed by atoms with van der Waals surface area (Å²) in [7, 11) is 1.51. The molecule has 0 saturated carbocycles. The van der Waals surface area contributed by atoms with Crippen LogP contribution < -0.4 is 5.32 Å². The molecule has 0 unspecified atom stereocenters. The molecule has 1 N–H and O–H groups in total. The third-order valence-corrected chi connectivity index (χ3v) is 3.98. The highest BCUT2D eigenvalue weighted by Crippen LogP contribution is 2.08. The summed E-state index contributed by atoms with van der Waals surface area (Å²) in [6, 6.07) is 0. The van der Waals surface area contributed by atoms with Crippen molar-refractivity contribution in [2.75, 3.05) is 59.6 Å². The third-order valence-electron chi connectivity index (χ3n) is 3.98. The molecular weight excluding hydrogens is 274 g/mol. The Morgan fingerprint density at radius 3 is 2.05 bits per heavy atom.